The molecule has 4 heteroatoms. The van der Waals surface area contributed by atoms with Gasteiger partial charge in [-0.15, -0.1) is 0 Å². The summed E-state index contributed by atoms with van der Waals surface area (Å²) in [7, 11) is 1.37. The van der Waals surface area contributed by atoms with Crippen molar-refractivity contribution in [2.45, 2.75) is 13.8 Å². The van der Waals surface area contributed by atoms with E-state index in [-0.39, 0.29) is 5.97 Å². The Morgan fingerprint density at radius 3 is 2.78 bits per heavy atom. The van der Waals surface area contributed by atoms with Gasteiger partial charge in [0, 0.05) is 10.9 Å². The number of methoxy groups -OCH3 is 1. The van der Waals surface area contributed by atoms with E-state index >= 15 is 0 Å². The smallest absolute Gasteiger partial charge is 0.354 e. The number of hydrogen-bond donors (Lipinski definition) is 1. The fraction of sp³-hybridized carbons (Fsp3) is 0.357. The molecule has 18 heavy (non-hydrogen) atoms. The van der Waals surface area contributed by atoms with E-state index in [9.17, 15) is 4.79 Å². The van der Waals surface area contributed by atoms with Gasteiger partial charge in [-0.3, -0.25) is 0 Å². The number of carbonyl (C=O) groups excluding carboxylic acids is 1. The van der Waals surface area contributed by atoms with E-state index < -0.39 is 0 Å². The average Bonchev–Trinajstić information content (AvgIpc) is 2.78. The lowest BCUT2D eigenvalue weighted by atomic mass is 10.2. The fourth-order valence-corrected chi connectivity index (χ4v) is 1.68. The molecule has 0 aliphatic rings. The maximum Gasteiger partial charge on any atom is 0.354 e. The Hall–Kier alpha value is -1.97. The summed E-state index contributed by atoms with van der Waals surface area (Å²) in [6.45, 7) is 4.88. The molecule has 0 unspecified atom stereocenters. The molecular weight excluding hydrogens is 230 g/mol. The second-order valence-electron chi connectivity index (χ2n) is 4.63. The molecule has 0 saturated heterocycles. The number of benzene rings is 1. The van der Waals surface area contributed by atoms with Crippen molar-refractivity contribution < 1.29 is 14.3 Å². The third-order valence-electron chi connectivity index (χ3n) is 2.58. The molecule has 1 heterocycles. The highest BCUT2D eigenvalue weighted by Crippen LogP contribution is 2.22. The van der Waals surface area contributed by atoms with Crippen LogP contribution in [0.5, 0.6) is 5.75 Å². The summed E-state index contributed by atoms with van der Waals surface area (Å²) < 4.78 is 10.3. The third-order valence-corrected chi connectivity index (χ3v) is 2.58. The second kappa shape index (κ2) is 5.12. The Balaban J connectivity index is 2.25. The van der Waals surface area contributed by atoms with Crippen LogP contribution < -0.4 is 4.74 Å². The monoisotopic (exact) mass is 247 g/mol. The number of ether oxygens (including phenoxy) is 2. The van der Waals surface area contributed by atoms with E-state index in [0.717, 1.165) is 16.7 Å². The molecule has 2 rings (SSSR count). The molecule has 96 valence electrons. The number of aromatic nitrogens is 1. The predicted molar refractivity (Wildman–Crippen MR) is 70.0 cm³/mol. The van der Waals surface area contributed by atoms with Crippen molar-refractivity contribution in [2.24, 2.45) is 5.92 Å². The summed E-state index contributed by atoms with van der Waals surface area (Å²) in [5.41, 5.74) is 1.35. The van der Waals surface area contributed by atoms with Gasteiger partial charge in [0.2, 0.25) is 0 Å². The number of hydrogen-bond acceptors (Lipinski definition) is 3. The molecule has 4 nitrogen and oxygen atoms in total. The van der Waals surface area contributed by atoms with Gasteiger partial charge in [0.05, 0.1) is 13.7 Å². The van der Waals surface area contributed by atoms with Crippen molar-refractivity contribution in [3.05, 3.63) is 30.0 Å². The van der Waals surface area contributed by atoms with Crippen LogP contribution in [0.25, 0.3) is 10.9 Å². The lowest BCUT2D eigenvalue weighted by molar-refractivity contribution is 0.0595. The van der Waals surface area contributed by atoms with Gasteiger partial charge in [-0.1, -0.05) is 13.8 Å². The van der Waals surface area contributed by atoms with Crippen LogP contribution >= 0.6 is 0 Å². The van der Waals surface area contributed by atoms with E-state index in [1.54, 1.807) is 6.07 Å². The number of H-pyrrole nitrogens is 1. The maximum atomic E-state index is 11.4. The molecule has 0 radical (unpaired) electrons. The maximum absolute atomic E-state index is 11.4. The molecule has 0 bridgehead atoms. The normalized spacial score (nSPS) is 10.9. The zero-order chi connectivity index (χ0) is 13.1. The van der Waals surface area contributed by atoms with Gasteiger partial charge in [0.25, 0.3) is 0 Å². The van der Waals surface area contributed by atoms with Crippen LogP contribution in [0.4, 0.5) is 0 Å². The Morgan fingerprint density at radius 2 is 2.11 bits per heavy atom. The largest absolute Gasteiger partial charge is 0.493 e. The first-order chi connectivity index (χ1) is 8.60. The Labute approximate surface area is 106 Å². The first-order valence-corrected chi connectivity index (χ1v) is 5.94. The summed E-state index contributed by atoms with van der Waals surface area (Å²) in [6.07, 6.45) is 0. The molecule has 1 N–H and O–H groups in total. The van der Waals surface area contributed by atoms with Crippen LogP contribution in [0, 0.1) is 5.92 Å². The Kier molecular flexibility index (Phi) is 3.55. The summed E-state index contributed by atoms with van der Waals surface area (Å²) in [4.78, 5) is 14.4. The predicted octanol–water partition coefficient (Wildman–Crippen LogP) is 2.99. The van der Waals surface area contributed by atoms with Gasteiger partial charge in [-0.2, -0.15) is 0 Å². The van der Waals surface area contributed by atoms with Gasteiger partial charge in [-0.05, 0) is 30.2 Å². The minimum Gasteiger partial charge on any atom is -0.493 e. The van der Waals surface area contributed by atoms with Crippen molar-refractivity contribution >= 4 is 16.9 Å². The van der Waals surface area contributed by atoms with Crippen LogP contribution in [-0.4, -0.2) is 24.7 Å². The molecule has 0 fully saturated rings. The summed E-state index contributed by atoms with van der Waals surface area (Å²) in [5.74, 6) is 0.931. The molecule has 0 spiro atoms. The molecular formula is C14H17NO3. The van der Waals surface area contributed by atoms with Crippen LogP contribution in [-0.2, 0) is 4.74 Å². The first-order valence-electron chi connectivity index (χ1n) is 5.94. The summed E-state index contributed by atoms with van der Waals surface area (Å²) in [5, 5.41) is 0.941. The van der Waals surface area contributed by atoms with E-state index in [2.05, 4.69) is 23.6 Å². The zero-order valence-corrected chi connectivity index (χ0v) is 10.8. The average molecular weight is 247 g/mol. The zero-order valence-electron chi connectivity index (χ0n) is 10.8. The number of nitrogens with one attached hydrogen (secondary N) is 1. The van der Waals surface area contributed by atoms with Crippen LogP contribution in [0.3, 0.4) is 0 Å². The molecule has 0 amide bonds. The van der Waals surface area contributed by atoms with Crippen molar-refractivity contribution in [1.82, 2.24) is 4.98 Å². The molecule has 2 aromatic rings. The van der Waals surface area contributed by atoms with Crippen LogP contribution in [0.2, 0.25) is 0 Å². The number of aromatic amines is 1. The quantitative estimate of drug-likeness (QED) is 0.845. The Bertz CT molecular complexity index is 557. The van der Waals surface area contributed by atoms with Crippen molar-refractivity contribution in [3.8, 4) is 5.75 Å². The lowest BCUT2D eigenvalue weighted by Crippen LogP contribution is -2.04. The van der Waals surface area contributed by atoms with E-state index in [4.69, 9.17) is 4.74 Å². The minimum absolute atomic E-state index is 0.365. The third kappa shape index (κ3) is 2.64. The second-order valence-corrected chi connectivity index (χ2v) is 4.63. The molecule has 1 aromatic carbocycles. The van der Waals surface area contributed by atoms with Crippen molar-refractivity contribution in [1.29, 1.82) is 0 Å². The highest BCUT2D eigenvalue weighted by atomic mass is 16.5. The lowest BCUT2D eigenvalue weighted by Gasteiger charge is -2.08. The van der Waals surface area contributed by atoms with Gasteiger partial charge < -0.3 is 14.5 Å². The number of fused-ring (bicyclic) bond motifs is 1. The highest BCUT2D eigenvalue weighted by Gasteiger charge is 2.09. The molecule has 0 aliphatic carbocycles. The molecule has 0 saturated carbocycles. The SMILES string of the molecule is COC(=O)c1cc2cc(OCC(C)C)ccc2[nH]1. The number of rotatable bonds is 4. The molecule has 0 atom stereocenters. The number of esters is 1. The topological polar surface area (TPSA) is 51.3 Å². The molecule has 0 aliphatic heterocycles. The number of carbonyl (C=O) groups is 1. The minimum atomic E-state index is -0.365. The van der Waals surface area contributed by atoms with Gasteiger partial charge in [-0.25, -0.2) is 4.79 Å². The summed E-state index contributed by atoms with van der Waals surface area (Å²) >= 11 is 0. The van der Waals surface area contributed by atoms with E-state index in [0.29, 0.717) is 18.2 Å². The van der Waals surface area contributed by atoms with E-state index in [1.165, 1.54) is 7.11 Å². The van der Waals surface area contributed by atoms with Gasteiger partial charge >= 0.3 is 5.97 Å². The van der Waals surface area contributed by atoms with E-state index in [1.807, 2.05) is 18.2 Å². The first kappa shape index (κ1) is 12.5. The van der Waals surface area contributed by atoms with Gasteiger partial charge in [0.1, 0.15) is 11.4 Å². The highest BCUT2D eigenvalue weighted by molar-refractivity contribution is 5.95. The van der Waals surface area contributed by atoms with Crippen LogP contribution in [0.15, 0.2) is 24.3 Å². The fourth-order valence-electron chi connectivity index (χ4n) is 1.68. The summed E-state index contributed by atoms with van der Waals surface area (Å²) in [6, 6.07) is 7.48. The molecule has 1 aromatic heterocycles. The van der Waals surface area contributed by atoms with Crippen molar-refractivity contribution in [2.75, 3.05) is 13.7 Å². The van der Waals surface area contributed by atoms with Crippen molar-refractivity contribution in [3.63, 3.8) is 0 Å². The van der Waals surface area contributed by atoms with Crippen LogP contribution in [0.1, 0.15) is 24.3 Å². The van der Waals surface area contributed by atoms with Gasteiger partial charge in [0.15, 0.2) is 0 Å². The standard InChI is InChI=1S/C14H17NO3/c1-9(2)8-18-11-4-5-12-10(6-11)7-13(15-12)14(16)17-3/h4-7,9,15H,8H2,1-3H3. The Morgan fingerprint density at radius 1 is 1.33 bits per heavy atom.